The Morgan fingerprint density at radius 3 is 2.17 bits per heavy atom. The van der Waals surface area contributed by atoms with Crippen molar-refractivity contribution in [1.82, 2.24) is 4.98 Å². The highest BCUT2D eigenvalue weighted by atomic mass is 35.5. The first-order chi connectivity index (χ1) is 8.83. The molecule has 0 saturated carbocycles. The molecule has 0 spiro atoms. The van der Waals surface area contributed by atoms with Crippen LogP contribution in [0.1, 0.15) is 11.1 Å². The molecule has 0 unspecified atom stereocenters. The SMILES string of the molecule is Clc1ccc(N2CCc3ccccc3CC2)nc1. The van der Waals surface area contributed by atoms with E-state index in [0.717, 1.165) is 31.7 Å². The van der Waals surface area contributed by atoms with Crippen molar-refractivity contribution in [3.8, 4) is 0 Å². The maximum Gasteiger partial charge on any atom is 0.128 e. The zero-order valence-corrected chi connectivity index (χ0v) is 10.9. The van der Waals surface area contributed by atoms with Crippen LogP contribution in [0.3, 0.4) is 0 Å². The first-order valence-corrected chi connectivity index (χ1v) is 6.64. The zero-order valence-electron chi connectivity index (χ0n) is 10.1. The smallest absolute Gasteiger partial charge is 0.128 e. The van der Waals surface area contributed by atoms with Crippen LogP contribution >= 0.6 is 11.6 Å². The Morgan fingerprint density at radius 1 is 0.944 bits per heavy atom. The minimum Gasteiger partial charge on any atom is -0.356 e. The van der Waals surface area contributed by atoms with E-state index in [1.165, 1.54) is 11.1 Å². The van der Waals surface area contributed by atoms with Gasteiger partial charge in [0.25, 0.3) is 0 Å². The van der Waals surface area contributed by atoms with E-state index in [-0.39, 0.29) is 0 Å². The number of aromatic nitrogens is 1. The highest BCUT2D eigenvalue weighted by Gasteiger charge is 2.14. The van der Waals surface area contributed by atoms with Gasteiger partial charge in [0.1, 0.15) is 5.82 Å². The summed E-state index contributed by atoms with van der Waals surface area (Å²) in [6, 6.07) is 12.6. The lowest BCUT2D eigenvalue weighted by Crippen LogP contribution is -2.26. The van der Waals surface area contributed by atoms with Gasteiger partial charge in [-0.1, -0.05) is 35.9 Å². The highest BCUT2D eigenvalue weighted by molar-refractivity contribution is 6.30. The van der Waals surface area contributed by atoms with Gasteiger partial charge >= 0.3 is 0 Å². The van der Waals surface area contributed by atoms with Crippen LogP contribution < -0.4 is 4.90 Å². The zero-order chi connectivity index (χ0) is 12.4. The van der Waals surface area contributed by atoms with Crippen molar-refractivity contribution in [3.05, 3.63) is 58.7 Å². The number of benzene rings is 1. The molecule has 3 rings (SSSR count). The molecular weight excluding hydrogens is 244 g/mol. The van der Waals surface area contributed by atoms with E-state index < -0.39 is 0 Å². The third kappa shape index (κ3) is 2.34. The summed E-state index contributed by atoms with van der Waals surface area (Å²) >= 11 is 5.87. The molecule has 0 N–H and O–H groups in total. The van der Waals surface area contributed by atoms with Gasteiger partial charge in [-0.05, 0) is 36.1 Å². The Balaban J connectivity index is 1.80. The fourth-order valence-electron chi connectivity index (χ4n) is 2.45. The van der Waals surface area contributed by atoms with Crippen molar-refractivity contribution in [2.45, 2.75) is 12.8 Å². The van der Waals surface area contributed by atoms with Gasteiger partial charge in [-0.2, -0.15) is 0 Å². The molecule has 0 saturated heterocycles. The predicted octanol–water partition coefficient (Wildman–Crippen LogP) is 3.34. The topological polar surface area (TPSA) is 16.1 Å². The maximum atomic E-state index is 5.87. The first-order valence-electron chi connectivity index (χ1n) is 6.26. The lowest BCUT2D eigenvalue weighted by molar-refractivity contribution is 0.791. The molecule has 2 nitrogen and oxygen atoms in total. The van der Waals surface area contributed by atoms with Gasteiger partial charge in [-0.15, -0.1) is 0 Å². The van der Waals surface area contributed by atoms with Crippen LogP contribution in [-0.2, 0) is 12.8 Å². The number of hydrogen-bond acceptors (Lipinski definition) is 2. The summed E-state index contributed by atoms with van der Waals surface area (Å²) in [6.45, 7) is 2.04. The van der Waals surface area contributed by atoms with Crippen LogP contribution in [0.25, 0.3) is 0 Å². The molecule has 18 heavy (non-hydrogen) atoms. The Bertz CT molecular complexity index is 509. The van der Waals surface area contributed by atoms with E-state index in [1.807, 2.05) is 12.1 Å². The molecule has 2 aromatic rings. The number of halogens is 1. The summed E-state index contributed by atoms with van der Waals surface area (Å²) < 4.78 is 0. The molecule has 1 aromatic carbocycles. The van der Waals surface area contributed by atoms with Crippen molar-refractivity contribution in [2.24, 2.45) is 0 Å². The van der Waals surface area contributed by atoms with Crippen molar-refractivity contribution in [2.75, 3.05) is 18.0 Å². The van der Waals surface area contributed by atoms with Gasteiger partial charge in [-0.3, -0.25) is 0 Å². The molecule has 0 fully saturated rings. The quantitative estimate of drug-likeness (QED) is 0.780. The molecule has 1 aliphatic heterocycles. The number of rotatable bonds is 1. The van der Waals surface area contributed by atoms with Gasteiger partial charge < -0.3 is 4.90 Å². The standard InChI is InChI=1S/C15H15ClN2/c16-14-5-6-15(17-11-14)18-9-7-12-3-1-2-4-13(12)8-10-18/h1-6,11H,7-10H2. The van der Waals surface area contributed by atoms with Crippen LogP contribution in [0.4, 0.5) is 5.82 Å². The highest BCUT2D eigenvalue weighted by Crippen LogP contribution is 2.20. The minimum atomic E-state index is 0.692. The average Bonchev–Trinajstić information content (AvgIpc) is 2.62. The van der Waals surface area contributed by atoms with Crippen LogP contribution in [0, 0.1) is 0 Å². The lowest BCUT2D eigenvalue weighted by Gasteiger charge is -2.21. The number of fused-ring (bicyclic) bond motifs is 1. The molecular formula is C15H15ClN2. The van der Waals surface area contributed by atoms with E-state index in [2.05, 4.69) is 34.1 Å². The average molecular weight is 259 g/mol. The second-order valence-corrected chi connectivity index (χ2v) is 5.03. The fraction of sp³-hybridized carbons (Fsp3) is 0.267. The summed E-state index contributed by atoms with van der Waals surface area (Å²) in [7, 11) is 0. The summed E-state index contributed by atoms with van der Waals surface area (Å²) in [5.74, 6) is 1.02. The number of anilines is 1. The Morgan fingerprint density at radius 2 is 1.61 bits per heavy atom. The molecule has 2 heterocycles. The van der Waals surface area contributed by atoms with Crippen LogP contribution in [0.2, 0.25) is 5.02 Å². The summed E-state index contributed by atoms with van der Waals surface area (Å²) in [6.07, 6.45) is 3.88. The maximum absolute atomic E-state index is 5.87. The largest absolute Gasteiger partial charge is 0.356 e. The first kappa shape index (κ1) is 11.5. The van der Waals surface area contributed by atoms with Gasteiger partial charge in [0.15, 0.2) is 0 Å². The Labute approximate surface area is 112 Å². The van der Waals surface area contributed by atoms with Crippen molar-refractivity contribution in [1.29, 1.82) is 0 Å². The summed E-state index contributed by atoms with van der Waals surface area (Å²) in [5, 5.41) is 0.692. The third-order valence-corrected chi connectivity index (χ3v) is 3.68. The van der Waals surface area contributed by atoms with E-state index >= 15 is 0 Å². The predicted molar refractivity (Wildman–Crippen MR) is 75.3 cm³/mol. The van der Waals surface area contributed by atoms with E-state index in [1.54, 1.807) is 6.20 Å². The van der Waals surface area contributed by atoms with Crippen LogP contribution in [0.15, 0.2) is 42.6 Å². The van der Waals surface area contributed by atoms with Crippen molar-refractivity contribution in [3.63, 3.8) is 0 Å². The molecule has 1 aromatic heterocycles. The van der Waals surface area contributed by atoms with Gasteiger partial charge in [-0.25, -0.2) is 4.98 Å². The fourth-order valence-corrected chi connectivity index (χ4v) is 2.56. The molecule has 92 valence electrons. The van der Waals surface area contributed by atoms with E-state index in [0.29, 0.717) is 5.02 Å². The Hall–Kier alpha value is -1.54. The van der Waals surface area contributed by atoms with Gasteiger partial charge in [0, 0.05) is 19.3 Å². The second kappa shape index (κ2) is 4.99. The lowest BCUT2D eigenvalue weighted by atomic mass is 10.0. The van der Waals surface area contributed by atoms with E-state index in [4.69, 9.17) is 11.6 Å². The molecule has 0 atom stereocenters. The number of pyridine rings is 1. The minimum absolute atomic E-state index is 0.692. The molecule has 0 amide bonds. The number of nitrogens with zero attached hydrogens (tertiary/aromatic N) is 2. The second-order valence-electron chi connectivity index (χ2n) is 4.59. The Kier molecular flexibility index (Phi) is 3.20. The molecule has 3 heteroatoms. The molecule has 0 aliphatic carbocycles. The molecule has 1 aliphatic rings. The normalized spacial score (nSPS) is 15.1. The van der Waals surface area contributed by atoms with Crippen molar-refractivity contribution < 1.29 is 0 Å². The molecule has 0 bridgehead atoms. The van der Waals surface area contributed by atoms with Gasteiger partial charge in [0.2, 0.25) is 0 Å². The van der Waals surface area contributed by atoms with Crippen LogP contribution in [0.5, 0.6) is 0 Å². The molecule has 0 radical (unpaired) electrons. The van der Waals surface area contributed by atoms with Crippen LogP contribution in [-0.4, -0.2) is 18.1 Å². The summed E-state index contributed by atoms with van der Waals surface area (Å²) in [5.41, 5.74) is 2.93. The number of hydrogen-bond donors (Lipinski definition) is 0. The van der Waals surface area contributed by atoms with E-state index in [9.17, 15) is 0 Å². The van der Waals surface area contributed by atoms with Crippen molar-refractivity contribution >= 4 is 17.4 Å². The van der Waals surface area contributed by atoms with Gasteiger partial charge in [0.05, 0.1) is 5.02 Å². The third-order valence-electron chi connectivity index (χ3n) is 3.46. The summed E-state index contributed by atoms with van der Waals surface area (Å²) in [4.78, 5) is 6.73. The monoisotopic (exact) mass is 258 g/mol.